The molecule has 0 bridgehead atoms. The number of carbonyl (C=O) groups excluding carboxylic acids is 1. The number of methoxy groups -OCH3 is 1. The minimum absolute atomic E-state index is 0.314. The molecule has 0 fully saturated rings. The summed E-state index contributed by atoms with van der Waals surface area (Å²) in [6.07, 6.45) is 0. The number of hydrogen-bond donors (Lipinski definition) is 1. The number of benzene rings is 2. The molecule has 0 aliphatic carbocycles. The van der Waals surface area contributed by atoms with Gasteiger partial charge in [-0.25, -0.2) is 4.79 Å². The highest BCUT2D eigenvalue weighted by molar-refractivity contribution is 9.10. The Bertz CT molecular complexity index is 557. The van der Waals surface area contributed by atoms with Crippen LogP contribution < -0.4 is 5.32 Å². The Kier molecular flexibility index (Phi) is 4.58. The van der Waals surface area contributed by atoms with E-state index in [1.165, 1.54) is 7.11 Å². The van der Waals surface area contributed by atoms with E-state index in [9.17, 15) is 4.79 Å². The Balaban J connectivity index is 2.27. The Morgan fingerprint density at radius 3 is 2.53 bits per heavy atom. The Labute approximate surface area is 120 Å². The van der Waals surface area contributed by atoms with Crippen molar-refractivity contribution in [1.82, 2.24) is 0 Å². The average Bonchev–Trinajstić information content (AvgIpc) is 2.45. The molecule has 0 aliphatic rings. The lowest BCUT2D eigenvalue weighted by Gasteiger charge is -2.18. The van der Waals surface area contributed by atoms with Crippen LogP contribution in [0.2, 0.25) is 0 Å². The van der Waals surface area contributed by atoms with Gasteiger partial charge in [0.1, 0.15) is 0 Å². The molecule has 19 heavy (non-hydrogen) atoms. The van der Waals surface area contributed by atoms with E-state index >= 15 is 0 Å². The van der Waals surface area contributed by atoms with Crippen LogP contribution in [-0.4, -0.2) is 13.1 Å². The van der Waals surface area contributed by atoms with Gasteiger partial charge < -0.3 is 10.1 Å². The van der Waals surface area contributed by atoms with Crippen molar-refractivity contribution in [2.75, 3.05) is 12.4 Å². The Morgan fingerprint density at radius 2 is 1.89 bits per heavy atom. The maximum Gasteiger partial charge on any atom is 0.332 e. The summed E-state index contributed by atoms with van der Waals surface area (Å²) in [5.41, 5.74) is 1.72. The first-order valence-corrected chi connectivity index (χ1v) is 6.65. The van der Waals surface area contributed by atoms with Gasteiger partial charge in [-0.05, 0) is 23.8 Å². The van der Waals surface area contributed by atoms with Crippen LogP contribution in [0.3, 0.4) is 0 Å². The maximum atomic E-state index is 11.9. The molecule has 1 N–H and O–H groups in total. The van der Waals surface area contributed by atoms with Crippen LogP contribution in [0.4, 0.5) is 5.69 Å². The molecule has 1 atom stereocenters. The van der Waals surface area contributed by atoms with Crippen molar-refractivity contribution in [1.29, 1.82) is 0 Å². The highest BCUT2D eigenvalue weighted by Crippen LogP contribution is 2.23. The zero-order chi connectivity index (χ0) is 13.7. The van der Waals surface area contributed by atoms with Crippen molar-refractivity contribution in [3.8, 4) is 0 Å². The number of nitrogens with one attached hydrogen (secondary N) is 1. The normalized spacial score (nSPS) is 11.7. The van der Waals surface area contributed by atoms with Crippen LogP contribution >= 0.6 is 15.9 Å². The van der Waals surface area contributed by atoms with Gasteiger partial charge in [-0.3, -0.25) is 0 Å². The number of halogens is 1. The molecule has 2 aromatic rings. The predicted molar refractivity (Wildman–Crippen MR) is 79.0 cm³/mol. The molecule has 3 nitrogen and oxygen atoms in total. The van der Waals surface area contributed by atoms with Gasteiger partial charge in [-0.15, -0.1) is 0 Å². The molecule has 0 saturated carbocycles. The van der Waals surface area contributed by atoms with Crippen LogP contribution in [0.15, 0.2) is 59.1 Å². The van der Waals surface area contributed by atoms with E-state index in [2.05, 4.69) is 21.2 Å². The summed E-state index contributed by atoms with van der Waals surface area (Å²) in [6.45, 7) is 0. The lowest BCUT2D eigenvalue weighted by atomic mass is 10.1. The number of anilines is 1. The van der Waals surface area contributed by atoms with E-state index in [1.54, 1.807) is 0 Å². The molecule has 0 aromatic heterocycles. The maximum absolute atomic E-state index is 11.9. The first-order chi connectivity index (χ1) is 9.20. The summed E-state index contributed by atoms with van der Waals surface area (Å²) < 4.78 is 5.81. The van der Waals surface area contributed by atoms with Gasteiger partial charge in [0.15, 0.2) is 6.04 Å². The first kappa shape index (κ1) is 13.6. The highest BCUT2D eigenvalue weighted by Gasteiger charge is 2.20. The number of carbonyl (C=O) groups is 1. The van der Waals surface area contributed by atoms with Crippen LogP contribution in [0, 0.1) is 0 Å². The second-order valence-electron chi connectivity index (χ2n) is 4.02. The lowest BCUT2D eigenvalue weighted by Crippen LogP contribution is -2.22. The fourth-order valence-electron chi connectivity index (χ4n) is 1.79. The molecule has 1 unspecified atom stereocenters. The zero-order valence-corrected chi connectivity index (χ0v) is 12.1. The second kappa shape index (κ2) is 6.38. The molecule has 98 valence electrons. The van der Waals surface area contributed by atoms with Gasteiger partial charge >= 0.3 is 5.97 Å². The van der Waals surface area contributed by atoms with Gasteiger partial charge in [0, 0.05) is 10.2 Å². The summed E-state index contributed by atoms with van der Waals surface area (Å²) >= 11 is 3.41. The molecule has 0 saturated heterocycles. The van der Waals surface area contributed by atoms with Crippen LogP contribution in [0.1, 0.15) is 11.6 Å². The third-order valence-electron chi connectivity index (χ3n) is 2.71. The standard InChI is InChI=1S/C15H14BrNO2/c1-19-15(18)14(11-6-3-2-4-7-11)17-13-9-5-8-12(16)10-13/h2-10,14,17H,1H3. The van der Waals surface area contributed by atoms with E-state index in [-0.39, 0.29) is 5.97 Å². The van der Waals surface area contributed by atoms with E-state index in [0.29, 0.717) is 0 Å². The van der Waals surface area contributed by atoms with E-state index in [0.717, 1.165) is 15.7 Å². The average molecular weight is 320 g/mol. The number of esters is 1. The fraction of sp³-hybridized carbons (Fsp3) is 0.133. The fourth-order valence-corrected chi connectivity index (χ4v) is 2.19. The van der Waals surface area contributed by atoms with E-state index in [4.69, 9.17) is 4.74 Å². The molecular formula is C15H14BrNO2. The van der Waals surface area contributed by atoms with Crippen molar-refractivity contribution in [3.05, 3.63) is 64.6 Å². The van der Waals surface area contributed by atoms with Crippen molar-refractivity contribution < 1.29 is 9.53 Å². The molecule has 0 amide bonds. The summed E-state index contributed by atoms with van der Waals surface area (Å²) in [4.78, 5) is 11.9. The van der Waals surface area contributed by atoms with Gasteiger partial charge in [-0.1, -0.05) is 52.3 Å². The third-order valence-corrected chi connectivity index (χ3v) is 3.20. The Hall–Kier alpha value is -1.81. The van der Waals surface area contributed by atoms with E-state index in [1.807, 2.05) is 54.6 Å². The SMILES string of the molecule is COC(=O)C(Nc1cccc(Br)c1)c1ccccc1. The molecule has 0 radical (unpaired) electrons. The van der Waals surface area contributed by atoms with Crippen LogP contribution in [0.25, 0.3) is 0 Å². The molecule has 0 spiro atoms. The minimum atomic E-state index is -0.513. The predicted octanol–water partition coefficient (Wildman–Crippen LogP) is 3.78. The zero-order valence-electron chi connectivity index (χ0n) is 10.5. The molecular weight excluding hydrogens is 306 g/mol. The topological polar surface area (TPSA) is 38.3 Å². The monoisotopic (exact) mass is 319 g/mol. The van der Waals surface area contributed by atoms with Gasteiger partial charge in [0.25, 0.3) is 0 Å². The first-order valence-electron chi connectivity index (χ1n) is 5.85. The smallest absolute Gasteiger partial charge is 0.332 e. The molecule has 2 rings (SSSR count). The quantitative estimate of drug-likeness (QED) is 0.872. The minimum Gasteiger partial charge on any atom is -0.467 e. The molecule has 2 aromatic carbocycles. The van der Waals surface area contributed by atoms with Gasteiger partial charge in [-0.2, -0.15) is 0 Å². The summed E-state index contributed by atoms with van der Waals surface area (Å²) in [6, 6.07) is 16.6. The van der Waals surface area contributed by atoms with Crippen LogP contribution in [0.5, 0.6) is 0 Å². The largest absolute Gasteiger partial charge is 0.467 e. The summed E-state index contributed by atoms with van der Waals surface area (Å²) in [7, 11) is 1.39. The summed E-state index contributed by atoms with van der Waals surface area (Å²) in [5.74, 6) is -0.314. The molecule has 0 aliphatic heterocycles. The van der Waals surface area contributed by atoms with Crippen molar-refractivity contribution in [3.63, 3.8) is 0 Å². The van der Waals surface area contributed by atoms with Crippen molar-refractivity contribution in [2.45, 2.75) is 6.04 Å². The van der Waals surface area contributed by atoms with Crippen LogP contribution in [-0.2, 0) is 9.53 Å². The van der Waals surface area contributed by atoms with Crippen molar-refractivity contribution in [2.24, 2.45) is 0 Å². The number of hydrogen-bond acceptors (Lipinski definition) is 3. The number of ether oxygens (including phenoxy) is 1. The molecule has 4 heteroatoms. The molecule has 0 heterocycles. The van der Waals surface area contributed by atoms with Crippen molar-refractivity contribution >= 4 is 27.6 Å². The highest BCUT2D eigenvalue weighted by atomic mass is 79.9. The third kappa shape index (κ3) is 3.58. The summed E-state index contributed by atoms with van der Waals surface area (Å²) in [5, 5.41) is 3.18. The van der Waals surface area contributed by atoms with E-state index < -0.39 is 6.04 Å². The van der Waals surface area contributed by atoms with Gasteiger partial charge in [0.05, 0.1) is 7.11 Å². The number of rotatable bonds is 4. The van der Waals surface area contributed by atoms with Gasteiger partial charge in [0.2, 0.25) is 0 Å². The Morgan fingerprint density at radius 1 is 1.16 bits per heavy atom. The lowest BCUT2D eigenvalue weighted by molar-refractivity contribution is -0.141. The second-order valence-corrected chi connectivity index (χ2v) is 4.94.